The summed E-state index contributed by atoms with van der Waals surface area (Å²) in [6.07, 6.45) is 5.83. The number of thioether (sulfide) groups is 1. The number of amides is 2. The lowest BCUT2D eigenvalue weighted by atomic mass is 10.2. The molecule has 0 aromatic heterocycles. The highest BCUT2D eigenvalue weighted by molar-refractivity contribution is 8.13. The van der Waals surface area contributed by atoms with Crippen molar-refractivity contribution in [1.29, 1.82) is 0 Å². The van der Waals surface area contributed by atoms with Crippen LogP contribution in [0.1, 0.15) is 31.2 Å². The Labute approximate surface area is 141 Å². The van der Waals surface area contributed by atoms with Gasteiger partial charge in [-0.2, -0.15) is 4.99 Å². The quantitative estimate of drug-likeness (QED) is 0.355. The van der Waals surface area contributed by atoms with E-state index in [2.05, 4.69) is 16.9 Å². The molecule has 0 saturated carbocycles. The number of amidine groups is 1. The molecular weight excluding hydrogens is 312 g/mol. The summed E-state index contributed by atoms with van der Waals surface area (Å²) >= 11 is 1.19. The zero-order valence-corrected chi connectivity index (χ0v) is 14.1. The van der Waals surface area contributed by atoms with Crippen molar-refractivity contribution in [3.05, 3.63) is 48.6 Å². The number of aliphatic imine (C=N–C) groups is 1. The molecule has 0 saturated heterocycles. The van der Waals surface area contributed by atoms with Crippen LogP contribution in [0.2, 0.25) is 0 Å². The first kappa shape index (κ1) is 19.0. The molecule has 0 atom stereocenters. The molecular formula is C17H22N2O3S. The molecule has 5 nitrogen and oxygen atoms in total. The first-order chi connectivity index (χ1) is 11.2. The topological polar surface area (TPSA) is 67.8 Å². The molecule has 0 aliphatic carbocycles. The number of ether oxygens (including phenoxy) is 1. The van der Waals surface area contributed by atoms with Crippen molar-refractivity contribution in [2.24, 2.45) is 4.99 Å². The summed E-state index contributed by atoms with van der Waals surface area (Å²) in [6, 6.07) is 9.34. The third kappa shape index (κ3) is 8.83. The molecule has 1 rings (SSSR count). The van der Waals surface area contributed by atoms with Gasteiger partial charge in [0.2, 0.25) is 5.91 Å². The van der Waals surface area contributed by atoms with E-state index in [1.54, 1.807) is 6.26 Å². The first-order valence-corrected chi connectivity index (χ1v) is 8.62. The van der Waals surface area contributed by atoms with Gasteiger partial charge >= 0.3 is 6.09 Å². The number of unbranched alkanes of at least 4 members (excludes halogenated alkanes) is 2. The Morgan fingerprint density at radius 3 is 2.70 bits per heavy atom. The maximum Gasteiger partial charge on any atom is 0.436 e. The number of benzene rings is 1. The Morgan fingerprint density at radius 1 is 1.30 bits per heavy atom. The Balaban J connectivity index is 2.39. The zero-order valence-electron chi connectivity index (χ0n) is 13.3. The molecule has 124 valence electrons. The average molecular weight is 334 g/mol. The van der Waals surface area contributed by atoms with Crippen LogP contribution in [-0.2, 0) is 16.1 Å². The van der Waals surface area contributed by atoms with Crippen LogP contribution in [-0.4, -0.2) is 23.4 Å². The lowest BCUT2D eigenvalue weighted by molar-refractivity contribution is -0.119. The number of nitrogens with zero attached hydrogens (tertiary/aromatic N) is 1. The van der Waals surface area contributed by atoms with Crippen LogP contribution in [0.4, 0.5) is 4.79 Å². The predicted molar refractivity (Wildman–Crippen MR) is 94.4 cm³/mol. The molecule has 0 aliphatic rings. The number of rotatable bonds is 7. The van der Waals surface area contributed by atoms with Crippen LogP contribution in [0, 0.1) is 0 Å². The van der Waals surface area contributed by atoms with Crippen LogP contribution in [0.3, 0.4) is 0 Å². The number of hydrogen-bond acceptors (Lipinski definition) is 4. The Hall–Kier alpha value is -2.08. The van der Waals surface area contributed by atoms with Gasteiger partial charge in [-0.25, -0.2) is 4.79 Å². The lowest BCUT2D eigenvalue weighted by Gasteiger charge is -2.06. The van der Waals surface area contributed by atoms with E-state index < -0.39 is 6.09 Å². The van der Waals surface area contributed by atoms with Crippen molar-refractivity contribution in [2.45, 2.75) is 32.3 Å². The molecule has 0 unspecified atom stereocenters. The van der Waals surface area contributed by atoms with E-state index in [9.17, 15) is 9.59 Å². The van der Waals surface area contributed by atoms with E-state index >= 15 is 0 Å². The second kappa shape index (κ2) is 11.5. The molecule has 0 radical (unpaired) electrons. The van der Waals surface area contributed by atoms with E-state index in [1.807, 2.05) is 36.4 Å². The summed E-state index contributed by atoms with van der Waals surface area (Å²) in [4.78, 5) is 27.2. The third-order valence-corrected chi connectivity index (χ3v) is 3.48. The van der Waals surface area contributed by atoms with E-state index in [0.717, 1.165) is 24.8 Å². The van der Waals surface area contributed by atoms with Gasteiger partial charge in [0.1, 0.15) is 6.61 Å². The molecule has 23 heavy (non-hydrogen) atoms. The Bertz CT molecular complexity index is 544. The minimum Gasteiger partial charge on any atom is -0.443 e. The second-order valence-electron chi connectivity index (χ2n) is 4.74. The molecule has 1 aromatic rings. The van der Waals surface area contributed by atoms with E-state index in [0.29, 0.717) is 6.42 Å². The van der Waals surface area contributed by atoms with Crippen molar-refractivity contribution < 1.29 is 14.3 Å². The smallest absolute Gasteiger partial charge is 0.436 e. The van der Waals surface area contributed by atoms with Crippen LogP contribution in [0.5, 0.6) is 0 Å². The van der Waals surface area contributed by atoms with E-state index in [1.165, 1.54) is 11.8 Å². The number of nitrogens with one attached hydrogen (secondary N) is 1. The van der Waals surface area contributed by atoms with Crippen molar-refractivity contribution in [1.82, 2.24) is 5.32 Å². The van der Waals surface area contributed by atoms with Gasteiger partial charge in [0.05, 0.1) is 0 Å². The fourth-order valence-corrected chi connectivity index (χ4v) is 2.10. The van der Waals surface area contributed by atoms with Crippen molar-refractivity contribution in [2.75, 3.05) is 6.26 Å². The summed E-state index contributed by atoms with van der Waals surface area (Å²) in [6.45, 7) is 3.79. The number of carbonyl (C=O) groups is 2. The lowest BCUT2D eigenvalue weighted by Crippen LogP contribution is -2.28. The van der Waals surface area contributed by atoms with Gasteiger partial charge in [-0.1, -0.05) is 48.2 Å². The monoisotopic (exact) mass is 334 g/mol. The van der Waals surface area contributed by atoms with Crippen molar-refractivity contribution in [3.8, 4) is 0 Å². The van der Waals surface area contributed by atoms with Crippen LogP contribution < -0.4 is 5.32 Å². The average Bonchev–Trinajstić information content (AvgIpc) is 2.57. The SMILES string of the molecule is C=CCCCCC(=O)N/C(=N/C(=O)OCc1ccccc1)SC. The molecule has 1 N–H and O–H groups in total. The standard InChI is InChI=1S/C17H22N2O3S/c1-3-4-5-9-12-15(20)18-16(23-2)19-17(21)22-13-14-10-7-6-8-11-14/h3,6-8,10-11H,1,4-5,9,12-13H2,2H3,(H,18,19,20,21). The third-order valence-electron chi connectivity index (χ3n) is 2.90. The molecule has 0 aliphatic heterocycles. The van der Waals surface area contributed by atoms with Gasteiger partial charge in [0, 0.05) is 6.42 Å². The van der Waals surface area contributed by atoms with Gasteiger partial charge in [-0.15, -0.1) is 6.58 Å². The molecule has 0 heterocycles. The second-order valence-corrected chi connectivity index (χ2v) is 5.54. The largest absolute Gasteiger partial charge is 0.443 e. The van der Waals surface area contributed by atoms with E-state index in [-0.39, 0.29) is 17.7 Å². The zero-order chi connectivity index (χ0) is 16.9. The predicted octanol–water partition coefficient (Wildman–Crippen LogP) is 3.90. The summed E-state index contributed by atoms with van der Waals surface area (Å²) in [5.41, 5.74) is 0.882. The molecule has 2 amide bonds. The number of hydrogen-bond donors (Lipinski definition) is 1. The van der Waals surface area contributed by atoms with Crippen molar-refractivity contribution >= 4 is 28.9 Å². The molecule has 0 bridgehead atoms. The van der Waals surface area contributed by atoms with Crippen LogP contribution in [0.25, 0.3) is 0 Å². The summed E-state index contributed by atoms with van der Waals surface area (Å²) < 4.78 is 5.05. The molecule has 1 aromatic carbocycles. The highest BCUT2D eigenvalue weighted by Gasteiger charge is 2.08. The number of allylic oxidation sites excluding steroid dienone is 1. The molecule has 0 fully saturated rings. The van der Waals surface area contributed by atoms with Crippen LogP contribution in [0.15, 0.2) is 48.0 Å². The minimum absolute atomic E-state index is 0.153. The van der Waals surface area contributed by atoms with E-state index in [4.69, 9.17) is 4.74 Å². The van der Waals surface area contributed by atoms with Gasteiger partial charge < -0.3 is 10.1 Å². The van der Waals surface area contributed by atoms with Gasteiger partial charge in [-0.3, -0.25) is 4.79 Å². The Morgan fingerprint density at radius 2 is 2.04 bits per heavy atom. The van der Waals surface area contributed by atoms with Crippen LogP contribution >= 0.6 is 11.8 Å². The molecule has 6 heteroatoms. The van der Waals surface area contributed by atoms with Crippen molar-refractivity contribution in [3.63, 3.8) is 0 Å². The highest BCUT2D eigenvalue weighted by Crippen LogP contribution is 2.04. The van der Waals surface area contributed by atoms with Gasteiger partial charge in [-0.05, 0) is 31.1 Å². The summed E-state index contributed by atoms with van der Waals surface area (Å²) in [5.74, 6) is -0.155. The maximum atomic E-state index is 11.8. The summed E-state index contributed by atoms with van der Waals surface area (Å²) in [5, 5.41) is 2.87. The minimum atomic E-state index is -0.717. The normalized spacial score (nSPS) is 10.9. The van der Waals surface area contributed by atoms with Gasteiger partial charge in [0.25, 0.3) is 0 Å². The maximum absolute atomic E-state index is 11.8. The fraction of sp³-hybridized carbons (Fsp3) is 0.353. The highest BCUT2D eigenvalue weighted by atomic mass is 32.2. The Kier molecular flexibility index (Phi) is 9.47. The number of carbonyl (C=O) groups excluding carboxylic acids is 2. The van der Waals surface area contributed by atoms with Gasteiger partial charge in [0.15, 0.2) is 5.17 Å². The summed E-state index contributed by atoms with van der Waals surface area (Å²) in [7, 11) is 0. The fourth-order valence-electron chi connectivity index (χ4n) is 1.72. The first-order valence-electron chi connectivity index (χ1n) is 7.39. The molecule has 0 spiro atoms.